The van der Waals surface area contributed by atoms with Gasteiger partial charge in [0.05, 0.1) is 15.6 Å². The minimum atomic E-state index is -0.0309. The number of thiazole rings is 1. The maximum Gasteiger partial charge on any atom is 0.223 e. The Morgan fingerprint density at radius 1 is 1.18 bits per heavy atom. The van der Waals surface area contributed by atoms with Crippen molar-refractivity contribution in [2.24, 2.45) is 0 Å². The zero-order chi connectivity index (χ0) is 23.4. The van der Waals surface area contributed by atoms with Crippen molar-refractivity contribution in [3.8, 4) is 11.3 Å². The van der Waals surface area contributed by atoms with Gasteiger partial charge in [-0.1, -0.05) is 32.9 Å². The first-order chi connectivity index (χ1) is 15.8. The monoisotopic (exact) mass is 464 g/mol. The van der Waals surface area contributed by atoms with E-state index in [0.717, 1.165) is 52.8 Å². The molecule has 2 aromatic heterocycles. The number of aryl methyl sites for hydroxylation is 2. The molecule has 0 aliphatic carbocycles. The van der Waals surface area contributed by atoms with Crippen molar-refractivity contribution in [1.82, 2.24) is 15.0 Å². The number of aromatic nitrogens is 3. The summed E-state index contributed by atoms with van der Waals surface area (Å²) in [7, 11) is 0. The fourth-order valence-electron chi connectivity index (χ4n) is 3.87. The highest BCUT2D eigenvalue weighted by molar-refractivity contribution is 7.13. The van der Waals surface area contributed by atoms with Crippen LogP contribution in [0.2, 0.25) is 0 Å². The van der Waals surface area contributed by atoms with Crippen LogP contribution >= 0.6 is 11.3 Å². The molecule has 0 amide bonds. The molecule has 1 aromatic carbocycles. The summed E-state index contributed by atoms with van der Waals surface area (Å²) in [5.74, 6) is 0.817. The van der Waals surface area contributed by atoms with Crippen LogP contribution in [0, 0.1) is 6.92 Å². The van der Waals surface area contributed by atoms with Crippen LogP contribution < -0.4 is 5.32 Å². The molecule has 1 fully saturated rings. The van der Waals surface area contributed by atoms with Gasteiger partial charge in [0.2, 0.25) is 5.95 Å². The molecule has 0 unspecified atom stereocenters. The Morgan fingerprint density at radius 2 is 1.97 bits per heavy atom. The Morgan fingerprint density at radius 3 is 2.67 bits per heavy atom. The van der Waals surface area contributed by atoms with Crippen LogP contribution in [0.4, 0.5) is 5.95 Å². The molecular weight excluding hydrogens is 432 g/mol. The fourth-order valence-corrected chi connectivity index (χ4v) is 4.81. The van der Waals surface area contributed by atoms with Crippen LogP contribution in [0.15, 0.2) is 36.7 Å². The highest BCUT2D eigenvalue weighted by Crippen LogP contribution is 2.28. The van der Waals surface area contributed by atoms with E-state index in [1.807, 2.05) is 6.07 Å². The molecule has 0 radical (unpaired) electrons. The number of Topliss-reactive ketones (excluding diaryl/α,β-unsaturated/α-hetero) is 1. The summed E-state index contributed by atoms with van der Waals surface area (Å²) in [6, 6.07) is 8.62. The molecule has 174 valence electrons. The van der Waals surface area contributed by atoms with E-state index in [0.29, 0.717) is 24.8 Å². The van der Waals surface area contributed by atoms with Crippen molar-refractivity contribution in [3.63, 3.8) is 0 Å². The third-order valence-electron chi connectivity index (χ3n) is 5.89. The van der Waals surface area contributed by atoms with Gasteiger partial charge in [0.25, 0.3) is 0 Å². The normalized spacial score (nSPS) is 14.9. The van der Waals surface area contributed by atoms with Crippen molar-refractivity contribution < 1.29 is 9.53 Å². The van der Waals surface area contributed by atoms with Crippen molar-refractivity contribution in [1.29, 1.82) is 0 Å². The molecule has 3 heterocycles. The van der Waals surface area contributed by atoms with Crippen LogP contribution in [-0.2, 0) is 16.6 Å². The molecule has 1 aliphatic rings. The molecule has 0 bridgehead atoms. The number of anilines is 1. The van der Waals surface area contributed by atoms with Gasteiger partial charge in [-0.05, 0) is 49.4 Å². The lowest BCUT2D eigenvalue weighted by atomic mass is 9.98. The van der Waals surface area contributed by atoms with Crippen LogP contribution in [0.5, 0.6) is 0 Å². The molecule has 4 rings (SSSR count). The van der Waals surface area contributed by atoms with Gasteiger partial charge in [-0.25, -0.2) is 15.0 Å². The van der Waals surface area contributed by atoms with Gasteiger partial charge in [-0.3, -0.25) is 4.79 Å². The highest BCUT2D eigenvalue weighted by Gasteiger charge is 2.20. The molecule has 1 N–H and O–H groups in total. The van der Waals surface area contributed by atoms with Crippen molar-refractivity contribution in [2.75, 3.05) is 18.5 Å². The molecule has 0 saturated carbocycles. The molecule has 1 aliphatic heterocycles. The van der Waals surface area contributed by atoms with Crippen LogP contribution in [0.3, 0.4) is 0 Å². The average molecular weight is 465 g/mol. The van der Waals surface area contributed by atoms with E-state index in [1.54, 1.807) is 12.4 Å². The minimum absolute atomic E-state index is 0.0309. The molecule has 7 heteroatoms. The maximum absolute atomic E-state index is 12.7. The molecule has 1 saturated heterocycles. The number of nitrogens with one attached hydrogen (secondary N) is 1. The number of hydrogen-bond acceptors (Lipinski definition) is 7. The van der Waals surface area contributed by atoms with Crippen LogP contribution in [0.25, 0.3) is 11.3 Å². The van der Waals surface area contributed by atoms with Gasteiger partial charge >= 0.3 is 0 Å². The van der Waals surface area contributed by atoms with Gasteiger partial charge in [0.1, 0.15) is 0 Å². The Labute approximate surface area is 199 Å². The van der Waals surface area contributed by atoms with E-state index < -0.39 is 0 Å². The number of ketones is 1. The van der Waals surface area contributed by atoms with Gasteiger partial charge in [-0.2, -0.15) is 0 Å². The van der Waals surface area contributed by atoms with Gasteiger partial charge in [-0.15, -0.1) is 11.3 Å². The standard InChI is InChI=1S/C26H32N4O2S/c1-17-15-19(21-9-12-27-25(30-21)29-20-10-13-32-14-11-20)6-5-18(17)7-8-22(31)23-16-28-24(33-23)26(2,3)4/h5-6,9,12,15-16,20H,7-8,10-11,13-14H2,1-4H3,(H,27,29,30). The van der Waals surface area contributed by atoms with Crippen LogP contribution in [0.1, 0.15) is 65.8 Å². The summed E-state index contributed by atoms with van der Waals surface area (Å²) < 4.78 is 5.42. The summed E-state index contributed by atoms with van der Waals surface area (Å²) in [6.45, 7) is 10.0. The number of nitrogens with zero attached hydrogens (tertiary/aromatic N) is 3. The summed E-state index contributed by atoms with van der Waals surface area (Å²) in [4.78, 5) is 27.0. The Bertz CT molecular complexity index is 1110. The fraction of sp³-hybridized carbons (Fsp3) is 0.462. The Balaban J connectivity index is 1.40. The van der Waals surface area contributed by atoms with Crippen molar-refractivity contribution in [2.45, 2.75) is 64.8 Å². The second-order valence-corrected chi connectivity index (χ2v) is 10.7. The average Bonchev–Trinajstić information content (AvgIpc) is 3.30. The zero-order valence-corrected chi connectivity index (χ0v) is 20.7. The predicted octanol–water partition coefficient (Wildman–Crippen LogP) is 5.61. The summed E-state index contributed by atoms with van der Waals surface area (Å²) >= 11 is 1.51. The predicted molar refractivity (Wildman–Crippen MR) is 133 cm³/mol. The third-order valence-corrected chi connectivity index (χ3v) is 7.36. The van der Waals surface area contributed by atoms with E-state index in [-0.39, 0.29) is 11.2 Å². The molecule has 6 nitrogen and oxygen atoms in total. The van der Waals surface area contributed by atoms with Crippen LogP contribution in [-0.4, -0.2) is 40.0 Å². The first-order valence-electron chi connectivity index (χ1n) is 11.6. The molecule has 3 aromatic rings. The van der Waals surface area contributed by atoms with E-state index in [2.05, 4.69) is 61.2 Å². The van der Waals surface area contributed by atoms with Crippen molar-refractivity contribution in [3.05, 3.63) is 57.7 Å². The number of hydrogen-bond donors (Lipinski definition) is 1. The molecule has 0 spiro atoms. The first kappa shape index (κ1) is 23.5. The van der Waals surface area contributed by atoms with E-state index >= 15 is 0 Å². The van der Waals surface area contributed by atoms with E-state index in [1.165, 1.54) is 16.9 Å². The lowest BCUT2D eigenvalue weighted by Gasteiger charge is -2.23. The Kier molecular flexibility index (Phi) is 7.20. The third kappa shape index (κ3) is 6.03. The lowest BCUT2D eigenvalue weighted by molar-refractivity contribution is 0.0903. The van der Waals surface area contributed by atoms with Gasteiger partial charge < -0.3 is 10.1 Å². The summed E-state index contributed by atoms with van der Waals surface area (Å²) in [5, 5.41) is 4.43. The Hall–Kier alpha value is -2.64. The second-order valence-electron chi connectivity index (χ2n) is 9.64. The first-order valence-corrected chi connectivity index (χ1v) is 12.4. The van der Waals surface area contributed by atoms with Gasteiger partial charge in [0, 0.05) is 49.0 Å². The SMILES string of the molecule is Cc1cc(-c2ccnc(NC3CCOCC3)n2)ccc1CCC(=O)c1cnc(C(C)(C)C)s1. The van der Waals surface area contributed by atoms with E-state index in [4.69, 9.17) is 9.72 Å². The minimum Gasteiger partial charge on any atom is -0.381 e. The quantitative estimate of drug-likeness (QED) is 0.458. The molecular formula is C26H32N4O2S. The number of rotatable bonds is 7. The summed E-state index contributed by atoms with van der Waals surface area (Å²) in [6.07, 6.45) is 6.67. The number of benzene rings is 1. The lowest BCUT2D eigenvalue weighted by Crippen LogP contribution is -2.28. The molecule has 0 atom stereocenters. The van der Waals surface area contributed by atoms with Crippen molar-refractivity contribution >= 4 is 23.1 Å². The number of carbonyl (C=O) groups excluding carboxylic acids is 1. The largest absolute Gasteiger partial charge is 0.381 e. The molecule has 33 heavy (non-hydrogen) atoms. The summed E-state index contributed by atoms with van der Waals surface area (Å²) in [5.41, 5.74) is 4.26. The van der Waals surface area contributed by atoms with Gasteiger partial charge in [0.15, 0.2) is 5.78 Å². The zero-order valence-electron chi connectivity index (χ0n) is 19.9. The topological polar surface area (TPSA) is 77.0 Å². The highest BCUT2D eigenvalue weighted by atomic mass is 32.1. The second kappa shape index (κ2) is 10.1. The van der Waals surface area contributed by atoms with E-state index in [9.17, 15) is 4.79 Å². The smallest absolute Gasteiger partial charge is 0.223 e. The number of carbonyl (C=O) groups is 1. The number of ether oxygens (including phenoxy) is 1. The maximum atomic E-state index is 12.7.